The third-order valence-corrected chi connectivity index (χ3v) is 5.05. The lowest BCUT2D eigenvalue weighted by molar-refractivity contribution is 0.0996. The fourth-order valence-corrected chi connectivity index (χ4v) is 3.47. The summed E-state index contributed by atoms with van der Waals surface area (Å²) in [6, 6.07) is 11.6. The standard InChI is InChI=1S/C21H29N5O2/c1-3-26-12-4-6-18(26)15-24-21(22-2)23-14-16-8-10-17(11-9-16)25-20(27)19-7-5-13-28-19/h5,7-11,13,18H,3-4,6,12,14-15H2,1-2H3,(H,25,27)(H2,22,23,24). The van der Waals surface area contributed by atoms with Crippen LogP contribution in [0.3, 0.4) is 0 Å². The molecule has 7 heteroatoms. The lowest BCUT2D eigenvalue weighted by Crippen LogP contribution is -2.44. The Kier molecular flexibility index (Phi) is 7.08. The number of aliphatic imine (C=N–C) groups is 1. The maximum Gasteiger partial charge on any atom is 0.291 e. The SMILES string of the molecule is CCN1CCCC1CNC(=NC)NCc1ccc(NC(=O)c2ccco2)cc1. The van der Waals surface area contributed by atoms with Crippen LogP contribution >= 0.6 is 0 Å². The Hall–Kier alpha value is -2.80. The molecule has 0 radical (unpaired) electrons. The van der Waals surface area contributed by atoms with E-state index in [-0.39, 0.29) is 5.91 Å². The minimum absolute atomic E-state index is 0.256. The number of benzene rings is 1. The van der Waals surface area contributed by atoms with Gasteiger partial charge in [0.05, 0.1) is 6.26 Å². The number of amides is 1. The molecule has 0 aliphatic carbocycles. The molecule has 2 heterocycles. The molecule has 1 aliphatic heterocycles. The summed E-state index contributed by atoms with van der Waals surface area (Å²) in [5.74, 6) is 0.844. The number of carbonyl (C=O) groups is 1. The van der Waals surface area contributed by atoms with Gasteiger partial charge in [0.2, 0.25) is 0 Å². The molecule has 1 unspecified atom stereocenters. The lowest BCUT2D eigenvalue weighted by atomic mass is 10.2. The number of nitrogens with one attached hydrogen (secondary N) is 3. The molecular formula is C21H29N5O2. The van der Waals surface area contributed by atoms with Crippen LogP contribution in [-0.4, -0.2) is 49.5 Å². The van der Waals surface area contributed by atoms with Crippen LogP contribution in [0.5, 0.6) is 0 Å². The van der Waals surface area contributed by atoms with Crippen LogP contribution in [0, 0.1) is 0 Å². The fraction of sp³-hybridized carbons (Fsp3) is 0.429. The van der Waals surface area contributed by atoms with Crippen molar-refractivity contribution in [2.75, 3.05) is 32.0 Å². The summed E-state index contributed by atoms with van der Waals surface area (Å²) in [4.78, 5) is 18.8. The number of anilines is 1. The van der Waals surface area contributed by atoms with Crippen LogP contribution in [0.15, 0.2) is 52.1 Å². The number of likely N-dealkylation sites (N-methyl/N-ethyl adjacent to an activating group) is 1. The largest absolute Gasteiger partial charge is 0.459 e. The summed E-state index contributed by atoms with van der Waals surface area (Å²) in [6.07, 6.45) is 4.00. The van der Waals surface area contributed by atoms with E-state index in [9.17, 15) is 4.79 Å². The summed E-state index contributed by atoms with van der Waals surface area (Å²) in [5.41, 5.74) is 1.84. The van der Waals surface area contributed by atoms with Gasteiger partial charge in [-0.25, -0.2) is 0 Å². The van der Waals surface area contributed by atoms with Crippen LogP contribution < -0.4 is 16.0 Å². The van der Waals surface area contributed by atoms with Gasteiger partial charge in [-0.1, -0.05) is 19.1 Å². The highest BCUT2D eigenvalue weighted by Gasteiger charge is 2.22. The second-order valence-electron chi connectivity index (χ2n) is 6.86. The Morgan fingerprint density at radius 2 is 2.07 bits per heavy atom. The first-order valence-electron chi connectivity index (χ1n) is 9.82. The highest BCUT2D eigenvalue weighted by molar-refractivity contribution is 6.02. The first kappa shape index (κ1) is 19.9. The number of rotatable bonds is 7. The Bertz CT molecular complexity index is 771. The van der Waals surface area contributed by atoms with E-state index in [0.717, 1.165) is 30.3 Å². The lowest BCUT2D eigenvalue weighted by Gasteiger charge is -2.24. The Balaban J connectivity index is 1.45. The van der Waals surface area contributed by atoms with Gasteiger partial charge in [0.15, 0.2) is 11.7 Å². The molecule has 7 nitrogen and oxygen atoms in total. The molecule has 2 aromatic rings. The first-order valence-corrected chi connectivity index (χ1v) is 9.82. The van der Waals surface area contributed by atoms with E-state index in [1.54, 1.807) is 19.2 Å². The van der Waals surface area contributed by atoms with Crippen LogP contribution in [0.4, 0.5) is 5.69 Å². The summed E-state index contributed by atoms with van der Waals surface area (Å²) in [6.45, 7) is 6.07. The van der Waals surface area contributed by atoms with Crippen molar-refractivity contribution in [1.82, 2.24) is 15.5 Å². The van der Waals surface area contributed by atoms with E-state index < -0.39 is 0 Å². The molecule has 1 saturated heterocycles. The van der Waals surface area contributed by atoms with E-state index in [1.807, 2.05) is 24.3 Å². The first-order chi connectivity index (χ1) is 13.7. The molecule has 28 heavy (non-hydrogen) atoms. The molecule has 1 aromatic heterocycles. The van der Waals surface area contributed by atoms with Gasteiger partial charge >= 0.3 is 0 Å². The number of nitrogens with zero attached hydrogens (tertiary/aromatic N) is 2. The minimum atomic E-state index is -0.256. The summed E-state index contributed by atoms with van der Waals surface area (Å²) in [5, 5.41) is 9.59. The second-order valence-corrected chi connectivity index (χ2v) is 6.86. The topological polar surface area (TPSA) is 81.9 Å². The predicted molar refractivity (Wildman–Crippen MR) is 112 cm³/mol. The van der Waals surface area contributed by atoms with Crippen molar-refractivity contribution in [3.05, 3.63) is 54.0 Å². The van der Waals surface area contributed by atoms with E-state index in [4.69, 9.17) is 4.42 Å². The van der Waals surface area contributed by atoms with Crippen molar-refractivity contribution < 1.29 is 9.21 Å². The van der Waals surface area contributed by atoms with Gasteiger partial charge in [-0.15, -0.1) is 0 Å². The molecule has 3 rings (SSSR count). The molecule has 1 amide bonds. The minimum Gasteiger partial charge on any atom is -0.459 e. The predicted octanol–water partition coefficient (Wildman–Crippen LogP) is 2.68. The van der Waals surface area contributed by atoms with Crippen LogP contribution in [0.2, 0.25) is 0 Å². The highest BCUT2D eigenvalue weighted by atomic mass is 16.3. The van der Waals surface area contributed by atoms with E-state index in [1.165, 1.54) is 25.6 Å². The summed E-state index contributed by atoms with van der Waals surface area (Å²) in [7, 11) is 1.79. The average molecular weight is 383 g/mol. The molecule has 1 fully saturated rings. The maximum atomic E-state index is 12.0. The van der Waals surface area contributed by atoms with Gasteiger partial charge in [0.25, 0.3) is 5.91 Å². The van der Waals surface area contributed by atoms with Crippen molar-refractivity contribution in [3.63, 3.8) is 0 Å². The van der Waals surface area contributed by atoms with Crippen molar-refractivity contribution >= 4 is 17.6 Å². The van der Waals surface area contributed by atoms with Crippen LogP contribution in [0.25, 0.3) is 0 Å². The zero-order valence-electron chi connectivity index (χ0n) is 16.6. The molecule has 1 aromatic carbocycles. The monoisotopic (exact) mass is 383 g/mol. The third kappa shape index (κ3) is 5.36. The maximum absolute atomic E-state index is 12.0. The summed E-state index contributed by atoms with van der Waals surface area (Å²) >= 11 is 0. The Morgan fingerprint density at radius 1 is 1.25 bits per heavy atom. The van der Waals surface area contributed by atoms with Crippen LogP contribution in [-0.2, 0) is 6.54 Å². The van der Waals surface area contributed by atoms with E-state index in [0.29, 0.717) is 18.3 Å². The van der Waals surface area contributed by atoms with Crippen molar-refractivity contribution in [1.29, 1.82) is 0 Å². The molecular weight excluding hydrogens is 354 g/mol. The number of carbonyl (C=O) groups excluding carboxylic acids is 1. The van der Waals surface area contributed by atoms with E-state index in [2.05, 4.69) is 32.8 Å². The Labute approximate surface area is 166 Å². The van der Waals surface area contributed by atoms with Gasteiger partial charge in [-0.05, 0) is 55.8 Å². The summed E-state index contributed by atoms with van der Waals surface area (Å²) < 4.78 is 5.10. The number of likely N-dealkylation sites (tertiary alicyclic amines) is 1. The van der Waals surface area contributed by atoms with Gasteiger partial charge in [0, 0.05) is 31.9 Å². The average Bonchev–Trinajstić information content (AvgIpc) is 3.41. The third-order valence-electron chi connectivity index (χ3n) is 5.05. The molecule has 3 N–H and O–H groups in total. The highest BCUT2D eigenvalue weighted by Crippen LogP contribution is 2.15. The number of hydrogen-bond donors (Lipinski definition) is 3. The van der Waals surface area contributed by atoms with Crippen molar-refractivity contribution in [2.45, 2.75) is 32.4 Å². The number of furan rings is 1. The zero-order valence-corrected chi connectivity index (χ0v) is 16.6. The molecule has 150 valence electrons. The van der Waals surface area contributed by atoms with Crippen molar-refractivity contribution in [2.24, 2.45) is 4.99 Å². The smallest absolute Gasteiger partial charge is 0.291 e. The molecule has 0 bridgehead atoms. The number of guanidine groups is 1. The fourth-order valence-electron chi connectivity index (χ4n) is 3.47. The molecule has 1 aliphatic rings. The zero-order chi connectivity index (χ0) is 19.8. The van der Waals surface area contributed by atoms with Crippen LogP contribution in [0.1, 0.15) is 35.9 Å². The van der Waals surface area contributed by atoms with Gasteiger partial charge in [0.1, 0.15) is 0 Å². The van der Waals surface area contributed by atoms with E-state index >= 15 is 0 Å². The molecule has 0 saturated carbocycles. The van der Waals surface area contributed by atoms with Gasteiger partial charge in [-0.2, -0.15) is 0 Å². The van der Waals surface area contributed by atoms with Gasteiger partial charge < -0.3 is 20.4 Å². The quantitative estimate of drug-likeness (QED) is 0.506. The number of hydrogen-bond acceptors (Lipinski definition) is 4. The Morgan fingerprint density at radius 3 is 2.75 bits per heavy atom. The van der Waals surface area contributed by atoms with Gasteiger partial charge in [-0.3, -0.25) is 14.7 Å². The molecule has 0 spiro atoms. The second kappa shape index (κ2) is 9.94. The molecule has 1 atom stereocenters. The van der Waals surface area contributed by atoms with Crippen molar-refractivity contribution in [3.8, 4) is 0 Å². The normalized spacial score (nSPS) is 17.5.